The largest absolute Gasteiger partial charge is 0.350 e. The molecule has 0 radical (unpaired) electrons. The Morgan fingerprint density at radius 3 is 2.48 bits per heavy atom. The van der Waals surface area contributed by atoms with Crippen LogP contribution in [0.5, 0.6) is 0 Å². The number of hydrogen-bond donors (Lipinski definition) is 2. The van der Waals surface area contributed by atoms with Gasteiger partial charge in [0.2, 0.25) is 15.9 Å². The first kappa shape index (κ1) is 20.7. The average molecular weight is 391 g/mol. The standard InChI is InChI=1S/C19H25N3O4S/c1-5-27(25,26)21-17-9-8-15(4)22(19(17)24)12-18(23)20-11-16-10-13(2)6-7-14(16)3/h6-10,21H,5,11-12H2,1-4H3,(H,20,23). The fourth-order valence-corrected chi connectivity index (χ4v) is 3.20. The number of hydrogen-bond acceptors (Lipinski definition) is 4. The van der Waals surface area contributed by atoms with Crippen LogP contribution in [-0.4, -0.2) is 24.6 Å². The Morgan fingerprint density at radius 2 is 1.81 bits per heavy atom. The molecule has 7 nitrogen and oxygen atoms in total. The van der Waals surface area contributed by atoms with Crippen molar-refractivity contribution in [2.24, 2.45) is 0 Å². The maximum Gasteiger partial charge on any atom is 0.275 e. The number of sulfonamides is 1. The number of nitrogens with one attached hydrogen (secondary N) is 2. The normalized spacial score (nSPS) is 11.3. The Labute approximate surface area is 159 Å². The highest BCUT2D eigenvalue weighted by Gasteiger charge is 2.14. The molecular formula is C19H25N3O4S. The smallest absolute Gasteiger partial charge is 0.275 e. The van der Waals surface area contributed by atoms with Crippen molar-refractivity contribution >= 4 is 21.6 Å². The molecule has 0 saturated carbocycles. The quantitative estimate of drug-likeness (QED) is 0.753. The first-order valence-corrected chi connectivity index (χ1v) is 10.3. The van der Waals surface area contributed by atoms with Crippen LogP contribution in [0.2, 0.25) is 0 Å². The molecule has 2 N–H and O–H groups in total. The van der Waals surface area contributed by atoms with Crippen LogP contribution in [-0.2, 0) is 27.9 Å². The Morgan fingerprint density at radius 1 is 1.11 bits per heavy atom. The molecule has 0 spiro atoms. The molecule has 0 aliphatic heterocycles. The molecule has 0 unspecified atom stereocenters. The van der Waals surface area contributed by atoms with Gasteiger partial charge < -0.3 is 9.88 Å². The summed E-state index contributed by atoms with van der Waals surface area (Å²) in [7, 11) is -3.57. The number of nitrogens with zero attached hydrogens (tertiary/aromatic N) is 1. The zero-order valence-electron chi connectivity index (χ0n) is 16.0. The van der Waals surface area contributed by atoms with Gasteiger partial charge in [0, 0.05) is 12.2 Å². The molecule has 1 amide bonds. The number of carbonyl (C=O) groups is 1. The third kappa shape index (κ3) is 5.43. The van der Waals surface area contributed by atoms with Crippen LogP contribution < -0.4 is 15.6 Å². The molecule has 1 aromatic heterocycles. The molecule has 0 fully saturated rings. The van der Waals surface area contributed by atoms with E-state index in [2.05, 4.69) is 10.0 Å². The van der Waals surface area contributed by atoms with Gasteiger partial charge in [0.15, 0.2) is 0 Å². The van der Waals surface area contributed by atoms with Gasteiger partial charge in [-0.25, -0.2) is 8.42 Å². The van der Waals surface area contributed by atoms with Gasteiger partial charge in [0.1, 0.15) is 12.2 Å². The van der Waals surface area contributed by atoms with Crippen molar-refractivity contribution in [3.8, 4) is 0 Å². The Bertz CT molecular complexity index is 1010. The van der Waals surface area contributed by atoms with Crippen molar-refractivity contribution in [3.05, 3.63) is 63.1 Å². The van der Waals surface area contributed by atoms with Gasteiger partial charge in [-0.3, -0.25) is 14.3 Å². The van der Waals surface area contributed by atoms with E-state index >= 15 is 0 Å². The number of benzene rings is 1. The molecule has 1 aromatic carbocycles. The number of anilines is 1. The molecule has 2 aromatic rings. The minimum Gasteiger partial charge on any atom is -0.350 e. The van der Waals surface area contributed by atoms with Gasteiger partial charge in [-0.2, -0.15) is 0 Å². The summed E-state index contributed by atoms with van der Waals surface area (Å²) in [4.78, 5) is 24.9. The van der Waals surface area contributed by atoms with E-state index in [0.717, 1.165) is 16.7 Å². The molecule has 0 aliphatic rings. The summed E-state index contributed by atoms with van der Waals surface area (Å²) in [5, 5.41) is 2.81. The van der Waals surface area contributed by atoms with E-state index in [-0.39, 0.29) is 23.9 Å². The summed E-state index contributed by atoms with van der Waals surface area (Å²) in [6.07, 6.45) is 0. The highest BCUT2D eigenvalue weighted by Crippen LogP contribution is 2.10. The van der Waals surface area contributed by atoms with Crippen LogP contribution in [0.15, 0.2) is 35.1 Å². The topological polar surface area (TPSA) is 97.3 Å². The second kappa shape index (κ2) is 8.39. The maximum absolute atomic E-state index is 12.5. The molecule has 0 aliphatic carbocycles. The van der Waals surface area contributed by atoms with E-state index in [9.17, 15) is 18.0 Å². The summed E-state index contributed by atoms with van der Waals surface area (Å²) in [6, 6.07) is 9.02. The maximum atomic E-state index is 12.5. The van der Waals surface area contributed by atoms with E-state index in [4.69, 9.17) is 0 Å². The van der Waals surface area contributed by atoms with Crippen LogP contribution in [0.25, 0.3) is 0 Å². The number of amides is 1. The second-order valence-corrected chi connectivity index (χ2v) is 8.50. The fraction of sp³-hybridized carbons (Fsp3) is 0.368. The summed E-state index contributed by atoms with van der Waals surface area (Å²) in [6.45, 7) is 7.31. The molecule has 1 heterocycles. The van der Waals surface area contributed by atoms with E-state index in [1.54, 1.807) is 13.0 Å². The first-order valence-electron chi connectivity index (χ1n) is 8.66. The van der Waals surface area contributed by atoms with Crippen molar-refractivity contribution < 1.29 is 13.2 Å². The molecule has 0 atom stereocenters. The third-order valence-corrected chi connectivity index (χ3v) is 5.61. The molecular weight excluding hydrogens is 366 g/mol. The lowest BCUT2D eigenvalue weighted by Gasteiger charge is -2.14. The highest BCUT2D eigenvalue weighted by atomic mass is 32.2. The second-order valence-electron chi connectivity index (χ2n) is 6.49. The molecule has 27 heavy (non-hydrogen) atoms. The van der Waals surface area contributed by atoms with Crippen molar-refractivity contribution in [2.75, 3.05) is 10.5 Å². The summed E-state index contributed by atoms with van der Waals surface area (Å²) < 4.78 is 27.0. The van der Waals surface area contributed by atoms with Crippen LogP contribution >= 0.6 is 0 Å². The Balaban J connectivity index is 2.15. The minimum absolute atomic E-state index is 0.0650. The number of rotatable bonds is 7. The lowest BCUT2D eigenvalue weighted by atomic mass is 10.1. The SMILES string of the molecule is CCS(=O)(=O)Nc1ccc(C)n(CC(=O)NCc2cc(C)ccc2C)c1=O. The average Bonchev–Trinajstić information content (AvgIpc) is 2.62. The van der Waals surface area contributed by atoms with Crippen LogP contribution in [0.1, 0.15) is 29.3 Å². The number of aryl methyl sites for hydroxylation is 3. The lowest BCUT2D eigenvalue weighted by Crippen LogP contribution is -2.34. The van der Waals surface area contributed by atoms with E-state index in [0.29, 0.717) is 12.2 Å². The van der Waals surface area contributed by atoms with Gasteiger partial charge in [-0.05, 0) is 51.0 Å². The van der Waals surface area contributed by atoms with Gasteiger partial charge in [-0.1, -0.05) is 23.8 Å². The lowest BCUT2D eigenvalue weighted by molar-refractivity contribution is -0.121. The van der Waals surface area contributed by atoms with Crippen LogP contribution in [0.3, 0.4) is 0 Å². The fourth-order valence-electron chi connectivity index (χ4n) is 2.57. The summed E-state index contributed by atoms with van der Waals surface area (Å²) >= 11 is 0. The monoisotopic (exact) mass is 391 g/mol. The van der Waals surface area contributed by atoms with Gasteiger partial charge in [0.25, 0.3) is 5.56 Å². The highest BCUT2D eigenvalue weighted by molar-refractivity contribution is 7.92. The molecule has 2 rings (SSSR count). The van der Waals surface area contributed by atoms with Crippen molar-refractivity contribution in [2.45, 2.75) is 40.8 Å². The van der Waals surface area contributed by atoms with Crippen molar-refractivity contribution in [1.29, 1.82) is 0 Å². The van der Waals surface area contributed by atoms with E-state index in [1.165, 1.54) is 17.6 Å². The Kier molecular flexibility index (Phi) is 6.43. The van der Waals surface area contributed by atoms with Crippen molar-refractivity contribution in [3.63, 3.8) is 0 Å². The van der Waals surface area contributed by atoms with Gasteiger partial charge in [-0.15, -0.1) is 0 Å². The predicted octanol–water partition coefficient (Wildman–Crippen LogP) is 1.85. The van der Waals surface area contributed by atoms with E-state index in [1.807, 2.05) is 32.0 Å². The number of carbonyl (C=O) groups excluding carboxylic acids is 1. The predicted molar refractivity (Wildman–Crippen MR) is 106 cm³/mol. The van der Waals surface area contributed by atoms with Crippen LogP contribution in [0.4, 0.5) is 5.69 Å². The van der Waals surface area contributed by atoms with Gasteiger partial charge >= 0.3 is 0 Å². The minimum atomic E-state index is -3.57. The summed E-state index contributed by atoms with van der Waals surface area (Å²) in [5.41, 5.74) is 3.15. The number of aromatic nitrogens is 1. The molecule has 0 saturated heterocycles. The van der Waals surface area contributed by atoms with Crippen molar-refractivity contribution in [1.82, 2.24) is 9.88 Å². The van der Waals surface area contributed by atoms with Crippen LogP contribution in [0, 0.1) is 20.8 Å². The first-order chi connectivity index (χ1) is 12.6. The Hall–Kier alpha value is -2.61. The zero-order chi connectivity index (χ0) is 20.2. The summed E-state index contributed by atoms with van der Waals surface area (Å²) in [5.74, 6) is -0.465. The zero-order valence-corrected chi connectivity index (χ0v) is 16.8. The van der Waals surface area contributed by atoms with Gasteiger partial charge in [0.05, 0.1) is 5.75 Å². The molecule has 8 heteroatoms. The third-order valence-electron chi connectivity index (χ3n) is 4.32. The molecule has 0 bridgehead atoms. The van der Waals surface area contributed by atoms with E-state index < -0.39 is 15.6 Å². The molecule has 146 valence electrons. The number of pyridine rings is 1.